The molecular formula is C9H14N2O2. The summed E-state index contributed by atoms with van der Waals surface area (Å²) in [5.41, 5.74) is 1.83. The molecule has 0 radical (unpaired) electrons. The van der Waals surface area contributed by atoms with E-state index < -0.39 is 0 Å². The average Bonchev–Trinajstić information content (AvgIpc) is 2.16. The van der Waals surface area contributed by atoms with Crippen LogP contribution in [0.25, 0.3) is 0 Å². The molecule has 4 heteroatoms. The van der Waals surface area contributed by atoms with Crippen LogP contribution in [0, 0.1) is 11.8 Å². The van der Waals surface area contributed by atoms with E-state index in [1.54, 1.807) is 0 Å². The van der Waals surface area contributed by atoms with Crippen LogP contribution in [0.2, 0.25) is 0 Å². The Morgan fingerprint density at radius 2 is 1.23 bits per heavy atom. The van der Waals surface area contributed by atoms with Gasteiger partial charge in [-0.25, -0.2) is 0 Å². The van der Waals surface area contributed by atoms with Crippen molar-refractivity contribution in [1.82, 2.24) is 0 Å². The lowest BCUT2D eigenvalue weighted by Gasteiger charge is -2.34. The first-order valence-electron chi connectivity index (χ1n) is 4.71. The van der Waals surface area contributed by atoms with Crippen molar-refractivity contribution in [2.45, 2.75) is 32.1 Å². The van der Waals surface area contributed by atoms with Crippen molar-refractivity contribution in [3.05, 3.63) is 0 Å². The summed E-state index contributed by atoms with van der Waals surface area (Å²) in [6, 6.07) is 0. The minimum atomic E-state index is 0.532. The van der Waals surface area contributed by atoms with E-state index in [2.05, 4.69) is 10.3 Å². The maximum Gasteiger partial charge on any atom is 0.0576 e. The summed E-state index contributed by atoms with van der Waals surface area (Å²) in [6.07, 6.45) is 4.66. The van der Waals surface area contributed by atoms with Crippen molar-refractivity contribution < 1.29 is 10.4 Å². The number of hydrogen-bond donors (Lipinski definition) is 2. The van der Waals surface area contributed by atoms with Gasteiger partial charge in [-0.3, -0.25) is 0 Å². The number of fused-ring (bicyclic) bond motifs is 2. The van der Waals surface area contributed by atoms with Crippen molar-refractivity contribution in [3.63, 3.8) is 0 Å². The summed E-state index contributed by atoms with van der Waals surface area (Å²) in [5.74, 6) is 1.06. The molecule has 13 heavy (non-hydrogen) atoms. The topological polar surface area (TPSA) is 65.2 Å². The van der Waals surface area contributed by atoms with Crippen LogP contribution in [0.4, 0.5) is 0 Å². The van der Waals surface area contributed by atoms with Gasteiger partial charge in [-0.2, -0.15) is 0 Å². The predicted molar refractivity (Wildman–Crippen MR) is 48.5 cm³/mol. The third kappa shape index (κ3) is 1.66. The normalized spacial score (nSPS) is 32.9. The van der Waals surface area contributed by atoms with E-state index in [1.807, 2.05) is 0 Å². The van der Waals surface area contributed by atoms with E-state index >= 15 is 0 Å². The third-order valence-electron chi connectivity index (χ3n) is 3.05. The molecule has 0 aromatic rings. The van der Waals surface area contributed by atoms with Gasteiger partial charge in [-0.15, -0.1) is 0 Å². The van der Waals surface area contributed by atoms with E-state index in [9.17, 15) is 0 Å². The molecule has 0 aromatic heterocycles. The van der Waals surface area contributed by atoms with Crippen molar-refractivity contribution in [1.29, 1.82) is 0 Å². The van der Waals surface area contributed by atoms with Gasteiger partial charge in [0.15, 0.2) is 0 Å². The molecule has 0 aliphatic heterocycles. The second-order valence-electron chi connectivity index (χ2n) is 4.12. The van der Waals surface area contributed by atoms with Crippen LogP contribution in [0.1, 0.15) is 32.1 Å². The van der Waals surface area contributed by atoms with Gasteiger partial charge in [-0.05, 0) is 43.9 Å². The second kappa shape index (κ2) is 3.36. The Balaban J connectivity index is 2.10. The minimum Gasteiger partial charge on any atom is -0.411 e. The monoisotopic (exact) mass is 182 g/mol. The summed E-state index contributed by atoms with van der Waals surface area (Å²) in [4.78, 5) is 0. The average molecular weight is 182 g/mol. The molecule has 0 amide bonds. The van der Waals surface area contributed by atoms with Crippen molar-refractivity contribution in [2.75, 3.05) is 0 Å². The van der Waals surface area contributed by atoms with Gasteiger partial charge in [0.2, 0.25) is 0 Å². The number of nitrogens with zero attached hydrogens (tertiary/aromatic N) is 2. The highest BCUT2D eigenvalue weighted by atomic mass is 16.4. The van der Waals surface area contributed by atoms with E-state index in [0.29, 0.717) is 11.8 Å². The Hall–Kier alpha value is -1.06. The lowest BCUT2D eigenvalue weighted by Crippen LogP contribution is -2.31. The molecule has 2 saturated carbocycles. The van der Waals surface area contributed by atoms with Crippen molar-refractivity contribution in [2.24, 2.45) is 22.1 Å². The molecule has 0 atom stereocenters. The minimum absolute atomic E-state index is 0.532. The van der Waals surface area contributed by atoms with Gasteiger partial charge in [-0.1, -0.05) is 10.3 Å². The van der Waals surface area contributed by atoms with Crippen LogP contribution in [-0.4, -0.2) is 21.8 Å². The summed E-state index contributed by atoms with van der Waals surface area (Å²) in [5, 5.41) is 23.9. The Kier molecular flexibility index (Phi) is 2.20. The zero-order valence-electron chi connectivity index (χ0n) is 7.48. The number of oxime groups is 2. The molecule has 2 aliphatic carbocycles. The molecule has 2 bridgehead atoms. The standard InChI is InChI=1S/C9H14N2O2/c12-10-8-2-6-1-7(4-8)5-9(3-6)11-13/h6-7,12-13H,1-5H2. The molecule has 4 nitrogen and oxygen atoms in total. The van der Waals surface area contributed by atoms with Crippen LogP contribution in [-0.2, 0) is 0 Å². The Labute approximate surface area is 76.9 Å². The fraction of sp³-hybridized carbons (Fsp3) is 0.778. The molecule has 72 valence electrons. The van der Waals surface area contributed by atoms with Crippen LogP contribution in [0.5, 0.6) is 0 Å². The molecule has 2 rings (SSSR count). The molecule has 0 unspecified atom stereocenters. The van der Waals surface area contributed by atoms with Crippen LogP contribution in [0.3, 0.4) is 0 Å². The smallest absolute Gasteiger partial charge is 0.0576 e. The zero-order valence-corrected chi connectivity index (χ0v) is 7.48. The van der Waals surface area contributed by atoms with E-state index in [-0.39, 0.29) is 0 Å². The molecular weight excluding hydrogens is 168 g/mol. The van der Waals surface area contributed by atoms with E-state index in [0.717, 1.165) is 37.1 Å². The molecule has 2 aliphatic rings. The van der Waals surface area contributed by atoms with E-state index in [1.165, 1.54) is 6.42 Å². The number of rotatable bonds is 0. The first kappa shape index (κ1) is 8.53. The Morgan fingerprint density at radius 1 is 0.846 bits per heavy atom. The van der Waals surface area contributed by atoms with Gasteiger partial charge >= 0.3 is 0 Å². The van der Waals surface area contributed by atoms with Gasteiger partial charge in [0, 0.05) is 0 Å². The lowest BCUT2D eigenvalue weighted by molar-refractivity contribution is 0.278. The highest BCUT2D eigenvalue weighted by Gasteiger charge is 2.32. The summed E-state index contributed by atoms with van der Waals surface area (Å²) >= 11 is 0. The molecule has 2 N–H and O–H groups in total. The maximum atomic E-state index is 8.68. The van der Waals surface area contributed by atoms with Crippen LogP contribution < -0.4 is 0 Å². The predicted octanol–water partition coefficient (Wildman–Crippen LogP) is 1.86. The summed E-state index contributed by atoms with van der Waals surface area (Å²) in [7, 11) is 0. The largest absolute Gasteiger partial charge is 0.411 e. The quantitative estimate of drug-likeness (QED) is 0.443. The molecule has 0 heterocycles. The highest BCUT2D eigenvalue weighted by molar-refractivity contribution is 5.90. The zero-order chi connectivity index (χ0) is 9.26. The van der Waals surface area contributed by atoms with Crippen molar-refractivity contribution >= 4 is 11.4 Å². The SMILES string of the molecule is ON=C1CC2CC(=NO)CC(C1)C2. The third-order valence-corrected chi connectivity index (χ3v) is 3.05. The Bertz CT molecular complexity index is 218. The van der Waals surface area contributed by atoms with Crippen LogP contribution in [0.15, 0.2) is 10.3 Å². The number of hydrogen-bond acceptors (Lipinski definition) is 4. The summed E-state index contributed by atoms with van der Waals surface area (Å²) < 4.78 is 0. The fourth-order valence-electron chi connectivity index (χ4n) is 2.61. The first-order valence-corrected chi connectivity index (χ1v) is 4.71. The van der Waals surface area contributed by atoms with Gasteiger partial charge in [0.1, 0.15) is 0 Å². The highest BCUT2D eigenvalue weighted by Crippen LogP contribution is 2.37. The Morgan fingerprint density at radius 3 is 1.54 bits per heavy atom. The van der Waals surface area contributed by atoms with Crippen molar-refractivity contribution in [3.8, 4) is 0 Å². The van der Waals surface area contributed by atoms with Gasteiger partial charge in [0.25, 0.3) is 0 Å². The lowest BCUT2D eigenvalue weighted by atomic mass is 9.71. The maximum absolute atomic E-state index is 8.68. The van der Waals surface area contributed by atoms with Gasteiger partial charge < -0.3 is 10.4 Å². The van der Waals surface area contributed by atoms with Crippen LogP contribution >= 0.6 is 0 Å². The van der Waals surface area contributed by atoms with Gasteiger partial charge in [0.05, 0.1) is 11.4 Å². The molecule has 0 aromatic carbocycles. The first-order chi connectivity index (χ1) is 6.31. The molecule has 0 spiro atoms. The van der Waals surface area contributed by atoms with E-state index in [4.69, 9.17) is 10.4 Å². The molecule has 2 fully saturated rings. The summed E-state index contributed by atoms with van der Waals surface area (Å²) in [6.45, 7) is 0. The molecule has 0 saturated heterocycles. The fourth-order valence-corrected chi connectivity index (χ4v) is 2.61. The second-order valence-corrected chi connectivity index (χ2v) is 4.12.